The van der Waals surface area contributed by atoms with Crippen molar-refractivity contribution < 1.29 is 22.4 Å². The summed E-state index contributed by atoms with van der Waals surface area (Å²) in [5.41, 5.74) is -0.132. The molecule has 3 aromatic carbocycles. The third kappa shape index (κ3) is 4.37. The first-order chi connectivity index (χ1) is 15.3. The van der Waals surface area contributed by atoms with E-state index >= 15 is 0 Å². The van der Waals surface area contributed by atoms with Crippen molar-refractivity contribution in [3.63, 3.8) is 0 Å². The zero-order valence-corrected chi connectivity index (χ0v) is 18.2. The Hall–Kier alpha value is -3.62. The van der Waals surface area contributed by atoms with Gasteiger partial charge in [-0.15, -0.1) is 0 Å². The van der Waals surface area contributed by atoms with Crippen LogP contribution in [0.4, 0.5) is 5.69 Å². The summed E-state index contributed by atoms with van der Waals surface area (Å²) in [4.78, 5) is 25.3. The maximum atomic E-state index is 12.8. The molecular weight excluding hydrogens is 454 g/mol. The zero-order valence-electron chi connectivity index (χ0n) is 16.7. The van der Waals surface area contributed by atoms with Crippen LogP contribution in [0.3, 0.4) is 0 Å². The average molecular weight is 470 g/mol. The monoisotopic (exact) mass is 469 g/mol. The van der Waals surface area contributed by atoms with Crippen molar-refractivity contribution >= 4 is 44.1 Å². The molecule has 9 heteroatoms. The van der Waals surface area contributed by atoms with Crippen molar-refractivity contribution in [2.24, 2.45) is 0 Å². The molecule has 162 valence electrons. The van der Waals surface area contributed by atoms with Crippen molar-refractivity contribution in [3.05, 3.63) is 99.4 Å². The second-order valence-corrected chi connectivity index (χ2v) is 8.94. The number of hydrogen-bond donors (Lipinski definition) is 1. The van der Waals surface area contributed by atoms with E-state index in [0.29, 0.717) is 21.7 Å². The van der Waals surface area contributed by atoms with Crippen LogP contribution in [0.25, 0.3) is 11.0 Å². The molecule has 0 atom stereocenters. The maximum absolute atomic E-state index is 12.8. The largest absolute Gasteiger partial charge is 0.497 e. The van der Waals surface area contributed by atoms with Gasteiger partial charge < -0.3 is 9.15 Å². The number of nitrogens with one attached hydrogen (secondary N) is 1. The molecule has 1 aromatic heterocycles. The number of carbonyl (C=O) groups is 1. The van der Waals surface area contributed by atoms with Crippen LogP contribution >= 0.6 is 11.6 Å². The first kappa shape index (κ1) is 21.6. The molecule has 1 heterocycles. The summed E-state index contributed by atoms with van der Waals surface area (Å²) < 4.78 is 37.8. The lowest BCUT2D eigenvalue weighted by Crippen LogP contribution is -2.15. The van der Waals surface area contributed by atoms with Crippen LogP contribution in [0.15, 0.2) is 86.9 Å². The summed E-state index contributed by atoms with van der Waals surface area (Å²) in [6, 6.07) is 17.9. The van der Waals surface area contributed by atoms with Crippen molar-refractivity contribution in [2.75, 3.05) is 11.8 Å². The predicted octanol–water partition coefficient (Wildman–Crippen LogP) is 4.49. The number of benzene rings is 3. The lowest BCUT2D eigenvalue weighted by molar-refractivity contribution is 0.103. The van der Waals surface area contributed by atoms with Gasteiger partial charge in [0.25, 0.3) is 10.0 Å². The molecule has 0 spiro atoms. The molecule has 0 saturated carbocycles. The van der Waals surface area contributed by atoms with E-state index in [1.165, 1.54) is 61.7 Å². The summed E-state index contributed by atoms with van der Waals surface area (Å²) in [6.45, 7) is 0. The molecule has 0 fully saturated rings. The zero-order chi connectivity index (χ0) is 22.9. The molecule has 0 aliphatic rings. The number of rotatable bonds is 6. The van der Waals surface area contributed by atoms with E-state index in [-0.39, 0.29) is 21.7 Å². The van der Waals surface area contributed by atoms with Gasteiger partial charge in [0.05, 0.1) is 12.0 Å². The summed E-state index contributed by atoms with van der Waals surface area (Å²) in [7, 11) is -2.32. The predicted molar refractivity (Wildman–Crippen MR) is 121 cm³/mol. The van der Waals surface area contributed by atoms with Gasteiger partial charge in [-0.2, -0.15) is 0 Å². The molecular formula is C23H16ClNO6S. The molecule has 0 unspecified atom stereocenters. The highest BCUT2D eigenvalue weighted by Crippen LogP contribution is 2.22. The number of anilines is 1. The lowest BCUT2D eigenvalue weighted by Gasteiger charge is -2.09. The second-order valence-electron chi connectivity index (χ2n) is 6.82. The van der Waals surface area contributed by atoms with E-state index in [9.17, 15) is 18.0 Å². The highest BCUT2D eigenvalue weighted by molar-refractivity contribution is 7.92. The maximum Gasteiger partial charge on any atom is 0.347 e. The highest BCUT2D eigenvalue weighted by atomic mass is 35.5. The number of hydrogen-bond acceptors (Lipinski definition) is 6. The standard InChI is InChI=1S/C23H16ClNO6S/c1-30-18-9-4-15-12-20(23(27)31-21(15)13-18)22(26)14-2-7-17(8-3-14)25-32(28,29)19-10-5-16(24)6-11-19/h2-13,25H,1H3. The molecule has 4 aromatic rings. The molecule has 0 aliphatic heterocycles. The lowest BCUT2D eigenvalue weighted by atomic mass is 10.0. The van der Waals surface area contributed by atoms with E-state index in [2.05, 4.69) is 4.72 Å². The molecule has 0 aliphatic carbocycles. The van der Waals surface area contributed by atoms with E-state index in [1.54, 1.807) is 18.2 Å². The molecule has 0 bridgehead atoms. The molecule has 4 rings (SSSR count). The van der Waals surface area contributed by atoms with Gasteiger partial charge in [-0.3, -0.25) is 9.52 Å². The number of ether oxygens (including phenoxy) is 1. The van der Waals surface area contributed by atoms with Gasteiger partial charge >= 0.3 is 5.63 Å². The number of sulfonamides is 1. The fourth-order valence-corrected chi connectivity index (χ4v) is 4.23. The van der Waals surface area contributed by atoms with Crippen LogP contribution in [0.1, 0.15) is 15.9 Å². The number of ketones is 1. The SMILES string of the molecule is COc1ccc2cc(C(=O)c3ccc(NS(=O)(=O)c4ccc(Cl)cc4)cc3)c(=O)oc2c1. The summed E-state index contributed by atoms with van der Waals surface area (Å²) in [6.07, 6.45) is 0. The summed E-state index contributed by atoms with van der Waals surface area (Å²) in [5.74, 6) is -0.0139. The second kappa shape index (κ2) is 8.49. The van der Waals surface area contributed by atoms with Crippen molar-refractivity contribution in [2.45, 2.75) is 4.90 Å². The van der Waals surface area contributed by atoms with Crippen LogP contribution in [0, 0.1) is 0 Å². The smallest absolute Gasteiger partial charge is 0.347 e. The van der Waals surface area contributed by atoms with Gasteiger partial charge in [-0.25, -0.2) is 13.2 Å². The first-order valence-electron chi connectivity index (χ1n) is 9.32. The number of methoxy groups -OCH3 is 1. The molecule has 0 radical (unpaired) electrons. The normalized spacial score (nSPS) is 11.3. The van der Waals surface area contributed by atoms with E-state index in [4.69, 9.17) is 20.8 Å². The molecule has 0 saturated heterocycles. The van der Waals surface area contributed by atoms with Crippen LogP contribution in [0.2, 0.25) is 5.02 Å². The Labute approximate surface area is 188 Å². The van der Waals surface area contributed by atoms with Gasteiger partial charge in [0.15, 0.2) is 5.78 Å². The van der Waals surface area contributed by atoms with Crippen molar-refractivity contribution in [1.82, 2.24) is 0 Å². The van der Waals surface area contributed by atoms with Crippen LogP contribution in [-0.4, -0.2) is 21.3 Å². The first-order valence-corrected chi connectivity index (χ1v) is 11.2. The van der Waals surface area contributed by atoms with Gasteiger partial charge in [0.1, 0.15) is 16.9 Å². The number of fused-ring (bicyclic) bond motifs is 1. The topological polar surface area (TPSA) is 103 Å². The fourth-order valence-electron chi connectivity index (χ4n) is 3.05. The van der Waals surface area contributed by atoms with Crippen molar-refractivity contribution in [1.29, 1.82) is 0 Å². The molecule has 0 amide bonds. The Balaban J connectivity index is 1.59. The van der Waals surface area contributed by atoms with Crippen LogP contribution < -0.4 is 15.1 Å². The summed E-state index contributed by atoms with van der Waals surface area (Å²) >= 11 is 5.79. The Morgan fingerprint density at radius 3 is 2.31 bits per heavy atom. The molecule has 32 heavy (non-hydrogen) atoms. The number of carbonyl (C=O) groups excluding carboxylic acids is 1. The van der Waals surface area contributed by atoms with E-state index in [0.717, 1.165) is 0 Å². The van der Waals surface area contributed by atoms with Gasteiger partial charge in [-0.1, -0.05) is 11.6 Å². The van der Waals surface area contributed by atoms with Crippen LogP contribution in [-0.2, 0) is 10.0 Å². The van der Waals surface area contributed by atoms with E-state index in [1.807, 2.05) is 0 Å². The minimum atomic E-state index is -3.82. The minimum Gasteiger partial charge on any atom is -0.497 e. The Morgan fingerprint density at radius 1 is 0.969 bits per heavy atom. The van der Waals surface area contributed by atoms with Crippen LogP contribution in [0.5, 0.6) is 5.75 Å². The minimum absolute atomic E-state index is 0.0486. The fraction of sp³-hybridized carbons (Fsp3) is 0.0435. The van der Waals surface area contributed by atoms with Gasteiger partial charge in [0.2, 0.25) is 0 Å². The Kier molecular flexibility index (Phi) is 5.73. The highest BCUT2D eigenvalue weighted by Gasteiger charge is 2.18. The third-order valence-corrected chi connectivity index (χ3v) is 6.36. The summed E-state index contributed by atoms with van der Waals surface area (Å²) in [5, 5.41) is 0.991. The average Bonchev–Trinajstić information content (AvgIpc) is 2.78. The van der Waals surface area contributed by atoms with Gasteiger partial charge in [-0.05, 0) is 66.7 Å². The third-order valence-electron chi connectivity index (χ3n) is 4.71. The molecule has 7 nitrogen and oxygen atoms in total. The Morgan fingerprint density at radius 2 is 1.66 bits per heavy atom. The van der Waals surface area contributed by atoms with E-state index < -0.39 is 21.4 Å². The quantitative estimate of drug-likeness (QED) is 0.330. The van der Waals surface area contributed by atoms with Crippen molar-refractivity contribution in [3.8, 4) is 5.75 Å². The van der Waals surface area contributed by atoms with Gasteiger partial charge in [0, 0.05) is 27.7 Å². The Bertz CT molecular complexity index is 1480. The molecule has 1 N–H and O–H groups in total. The number of halogens is 1.